The molecule has 0 aromatic heterocycles. The van der Waals surface area contributed by atoms with Gasteiger partial charge in [-0.2, -0.15) is 0 Å². The Morgan fingerprint density at radius 3 is 1.96 bits per heavy atom. The fraction of sp³-hybridized carbons (Fsp3) is 0.286. The van der Waals surface area contributed by atoms with E-state index in [0.29, 0.717) is 0 Å². The summed E-state index contributed by atoms with van der Waals surface area (Å²) in [5.74, 6) is -1.45. The Bertz CT molecular complexity index is 798. The van der Waals surface area contributed by atoms with Gasteiger partial charge < -0.3 is 10.0 Å². The fourth-order valence-electron chi connectivity index (χ4n) is 2.84. The molecule has 0 bridgehead atoms. The van der Waals surface area contributed by atoms with Crippen LogP contribution in [0, 0.1) is 30.3 Å². The Morgan fingerprint density at radius 1 is 1.00 bits per heavy atom. The third-order valence-electron chi connectivity index (χ3n) is 3.83. The van der Waals surface area contributed by atoms with Gasteiger partial charge >= 0.3 is 5.70 Å². The largest absolute Gasteiger partial charge is 0.508 e. The van der Waals surface area contributed by atoms with Gasteiger partial charge in [0.2, 0.25) is 0 Å². The maximum Gasteiger partial charge on any atom is 0.302 e. The number of aromatic hydroxyl groups is 1. The number of phenols is 1. The van der Waals surface area contributed by atoms with Crippen molar-refractivity contribution in [3.05, 3.63) is 83.3 Å². The van der Waals surface area contributed by atoms with Crippen molar-refractivity contribution in [2.75, 3.05) is 14.1 Å². The highest BCUT2D eigenvalue weighted by atomic mass is 16.6. The van der Waals surface area contributed by atoms with Gasteiger partial charge in [-0.05, 0) is 17.7 Å². The third-order valence-corrected chi connectivity index (χ3v) is 3.83. The standard InChI is InChI=1S/C14H14N4O7/c1-15(2)13-11(17(22)23)7-10(16(20)21)12(14(13)18(24)25)8-3-5-9(19)6-4-8/h3-7,12,14,19H,1-2H3. The number of phenolic OH excluding ortho intramolecular Hbond substituents is 1. The summed E-state index contributed by atoms with van der Waals surface area (Å²) in [5, 5.41) is 43.8. The van der Waals surface area contributed by atoms with Crippen molar-refractivity contribution in [2.45, 2.75) is 12.0 Å². The molecular formula is C14H14N4O7. The van der Waals surface area contributed by atoms with E-state index >= 15 is 0 Å². The Morgan fingerprint density at radius 2 is 1.56 bits per heavy atom. The molecule has 0 radical (unpaired) electrons. The van der Waals surface area contributed by atoms with Crippen LogP contribution in [0.5, 0.6) is 5.75 Å². The van der Waals surface area contributed by atoms with Crippen LogP contribution in [0.15, 0.2) is 47.4 Å². The molecule has 1 N–H and O–H groups in total. The number of hydrogen-bond acceptors (Lipinski definition) is 8. The number of nitro groups is 3. The van der Waals surface area contributed by atoms with E-state index in [2.05, 4.69) is 0 Å². The number of allylic oxidation sites excluding steroid dienone is 1. The molecule has 1 aromatic carbocycles. The number of likely N-dealkylation sites (N-methyl/N-ethyl adjacent to an activating group) is 1. The highest BCUT2D eigenvalue weighted by Gasteiger charge is 2.52. The third kappa shape index (κ3) is 3.24. The van der Waals surface area contributed by atoms with E-state index in [1.807, 2.05) is 0 Å². The summed E-state index contributed by atoms with van der Waals surface area (Å²) in [6, 6.07) is 3.40. The molecule has 0 saturated carbocycles. The highest BCUT2D eigenvalue weighted by Crippen LogP contribution is 2.40. The first-order chi connectivity index (χ1) is 11.6. The summed E-state index contributed by atoms with van der Waals surface area (Å²) < 4.78 is 0. The topological polar surface area (TPSA) is 153 Å². The van der Waals surface area contributed by atoms with Gasteiger partial charge in [-0.3, -0.25) is 30.3 Å². The molecule has 11 nitrogen and oxygen atoms in total. The summed E-state index contributed by atoms with van der Waals surface area (Å²) in [6.07, 6.45) is 0.757. The van der Waals surface area contributed by atoms with Crippen molar-refractivity contribution in [1.29, 1.82) is 0 Å². The van der Waals surface area contributed by atoms with Gasteiger partial charge in [0.05, 0.1) is 15.9 Å². The molecule has 11 heteroatoms. The molecule has 1 aromatic rings. The van der Waals surface area contributed by atoms with Gasteiger partial charge in [0.15, 0.2) is 5.70 Å². The Labute approximate surface area is 140 Å². The van der Waals surface area contributed by atoms with E-state index in [9.17, 15) is 35.4 Å². The Kier molecular flexibility index (Phi) is 4.68. The Balaban J connectivity index is 2.79. The van der Waals surface area contributed by atoms with Crippen molar-refractivity contribution < 1.29 is 19.9 Å². The molecule has 0 saturated heterocycles. The van der Waals surface area contributed by atoms with Gasteiger partial charge in [-0.1, -0.05) is 12.1 Å². The van der Waals surface area contributed by atoms with Crippen LogP contribution in [0.3, 0.4) is 0 Å². The second-order valence-electron chi connectivity index (χ2n) is 5.55. The van der Waals surface area contributed by atoms with Crippen molar-refractivity contribution in [2.24, 2.45) is 0 Å². The molecular weight excluding hydrogens is 336 g/mol. The number of nitrogens with zero attached hydrogens (tertiary/aromatic N) is 4. The summed E-state index contributed by atoms with van der Waals surface area (Å²) in [5.41, 5.74) is -1.37. The highest BCUT2D eigenvalue weighted by molar-refractivity contribution is 5.41. The van der Waals surface area contributed by atoms with E-state index in [1.54, 1.807) is 0 Å². The van der Waals surface area contributed by atoms with Gasteiger partial charge in [0.1, 0.15) is 11.7 Å². The van der Waals surface area contributed by atoms with Gasteiger partial charge in [0, 0.05) is 19.0 Å². The summed E-state index contributed by atoms with van der Waals surface area (Å²) >= 11 is 0. The lowest BCUT2D eigenvalue weighted by atomic mass is 9.82. The summed E-state index contributed by atoms with van der Waals surface area (Å²) in [6.45, 7) is 0. The molecule has 0 heterocycles. The van der Waals surface area contributed by atoms with E-state index in [4.69, 9.17) is 0 Å². The van der Waals surface area contributed by atoms with Crippen LogP contribution in [-0.4, -0.2) is 44.9 Å². The molecule has 0 aliphatic heterocycles. The van der Waals surface area contributed by atoms with Crippen LogP contribution in [-0.2, 0) is 0 Å². The molecule has 2 rings (SSSR count). The van der Waals surface area contributed by atoms with Crippen LogP contribution >= 0.6 is 0 Å². The van der Waals surface area contributed by atoms with E-state index in [0.717, 1.165) is 6.08 Å². The molecule has 25 heavy (non-hydrogen) atoms. The Hall–Kier alpha value is -3.50. The minimum atomic E-state index is -1.72. The number of benzene rings is 1. The first kappa shape index (κ1) is 17.8. The van der Waals surface area contributed by atoms with E-state index < -0.39 is 38.1 Å². The summed E-state index contributed by atoms with van der Waals surface area (Å²) in [4.78, 5) is 33.1. The average Bonchev–Trinajstić information content (AvgIpc) is 2.53. The number of rotatable bonds is 5. The van der Waals surface area contributed by atoms with Gasteiger partial charge in [-0.15, -0.1) is 0 Å². The lowest BCUT2D eigenvalue weighted by Crippen LogP contribution is -2.41. The molecule has 0 spiro atoms. The minimum absolute atomic E-state index is 0.113. The van der Waals surface area contributed by atoms with Crippen LogP contribution in [0.2, 0.25) is 0 Å². The SMILES string of the molecule is CN(C)C1=C([N+](=O)[O-])C=C([N+](=O)[O-])C(c2ccc(O)cc2)C1[N+](=O)[O-]. The lowest BCUT2D eigenvalue weighted by Gasteiger charge is -2.27. The van der Waals surface area contributed by atoms with Crippen LogP contribution in [0.1, 0.15) is 11.5 Å². The van der Waals surface area contributed by atoms with Gasteiger partial charge in [0.25, 0.3) is 11.7 Å². The van der Waals surface area contributed by atoms with Crippen molar-refractivity contribution in [1.82, 2.24) is 4.90 Å². The first-order valence-corrected chi connectivity index (χ1v) is 6.99. The van der Waals surface area contributed by atoms with Crippen molar-refractivity contribution >= 4 is 0 Å². The smallest absolute Gasteiger partial charge is 0.302 e. The van der Waals surface area contributed by atoms with Crippen LogP contribution in [0.4, 0.5) is 0 Å². The van der Waals surface area contributed by atoms with E-state index in [1.165, 1.54) is 43.3 Å². The molecule has 1 aliphatic rings. The minimum Gasteiger partial charge on any atom is -0.508 e. The molecule has 2 unspecified atom stereocenters. The van der Waals surface area contributed by atoms with E-state index in [-0.39, 0.29) is 17.0 Å². The predicted octanol–water partition coefficient (Wildman–Crippen LogP) is 1.35. The zero-order valence-electron chi connectivity index (χ0n) is 13.2. The van der Waals surface area contributed by atoms with Crippen molar-refractivity contribution in [3.8, 4) is 5.75 Å². The quantitative estimate of drug-likeness (QED) is 0.616. The second-order valence-corrected chi connectivity index (χ2v) is 5.55. The predicted molar refractivity (Wildman–Crippen MR) is 84.4 cm³/mol. The normalized spacial score (nSPS) is 20.0. The molecule has 2 atom stereocenters. The average molecular weight is 350 g/mol. The first-order valence-electron chi connectivity index (χ1n) is 6.99. The molecule has 132 valence electrons. The monoisotopic (exact) mass is 350 g/mol. The lowest BCUT2D eigenvalue weighted by molar-refractivity contribution is -0.531. The summed E-state index contributed by atoms with van der Waals surface area (Å²) in [7, 11) is 2.79. The zero-order chi connectivity index (χ0) is 18.9. The fourth-order valence-corrected chi connectivity index (χ4v) is 2.84. The number of hydrogen-bond donors (Lipinski definition) is 1. The maximum atomic E-state index is 11.7. The van der Waals surface area contributed by atoms with Crippen molar-refractivity contribution in [3.63, 3.8) is 0 Å². The second kappa shape index (κ2) is 6.55. The van der Waals surface area contributed by atoms with Crippen LogP contribution < -0.4 is 0 Å². The molecule has 1 aliphatic carbocycles. The van der Waals surface area contributed by atoms with Crippen LogP contribution in [0.25, 0.3) is 0 Å². The zero-order valence-corrected chi connectivity index (χ0v) is 13.2. The maximum absolute atomic E-state index is 11.7. The molecule has 0 fully saturated rings. The molecule has 0 amide bonds. The van der Waals surface area contributed by atoms with Gasteiger partial charge in [-0.25, -0.2) is 0 Å².